The van der Waals surface area contributed by atoms with Gasteiger partial charge in [-0.1, -0.05) is 68.5 Å². The molecule has 284 valence electrons. The molecule has 5 rings (SSSR count). The molecule has 3 fully saturated rings. The number of hydrogen-bond acceptors (Lipinski definition) is 11. The Morgan fingerprint density at radius 1 is 0.962 bits per heavy atom. The van der Waals surface area contributed by atoms with Crippen molar-refractivity contribution in [3.05, 3.63) is 84.0 Å². The summed E-state index contributed by atoms with van der Waals surface area (Å²) in [4.78, 5) is 39.4. The van der Waals surface area contributed by atoms with Crippen molar-refractivity contribution >= 4 is 17.9 Å². The highest BCUT2D eigenvalue weighted by Gasteiger charge is 2.58. The molecule has 11 nitrogen and oxygen atoms in total. The molecule has 2 N–H and O–H groups in total. The van der Waals surface area contributed by atoms with Crippen LogP contribution in [0.1, 0.15) is 95.3 Å². The molecule has 0 spiro atoms. The van der Waals surface area contributed by atoms with Crippen LogP contribution in [0.25, 0.3) is 0 Å². The SMILES string of the molecule is C=C1C[C@H]2CCCC(=O)O[C@@H]([C@@H](C)O)C[C@@H]3C/C(=C\C(=O)OC)[C@H](OC(=O)c4ccccc4)[C@@](O)(O3)C(C)(C)/C=C/[C@H]3CC(=C)C[C@@H](C[C@@H](C1)O2)O3. The van der Waals surface area contributed by atoms with Gasteiger partial charge in [-0.05, 0) is 69.6 Å². The minimum absolute atomic E-state index is 0.00201. The first-order chi connectivity index (χ1) is 24.7. The number of benzene rings is 1. The third-order valence-electron chi connectivity index (χ3n) is 10.4. The average molecular weight is 723 g/mol. The molecule has 0 saturated carbocycles. The van der Waals surface area contributed by atoms with Crippen LogP contribution in [-0.4, -0.2) is 89.8 Å². The molecular weight excluding hydrogens is 668 g/mol. The molecule has 0 aromatic heterocycles. The van der Waals surface area contributed by atoms with E-state index in [1.807, 2.05) is 6.08 Å². The van der Waals surface area contributed by atoms with Crippen LogP contribution in [-0.2, 0) is 38.0 Å². The number of aliphatic hydroxyl groups excluding tert-OH is 1. The molecular formula is C41H54O11. The summed E-state index contributed by atoms with van der Waals surface area (Å²) < 4.78 is 36.3. The van der Waals surface area contributed by atoms with Crippen molar-refractivity contribution in [2.75, 3.05) is 7.11 Å². The van der Waals surface area contributed by atoms with Crippen LogP contribution in [0.4, 0.5) is 0 Å². The lowest BCUT2D eigenvalue weighted by molar-refractivity contribution is -0.324. The number of ether oxygens (including phenoxy) is 6. The van der Waals surface area contributed by atoms with Crippen molar-refractivity contribution in [1.82, 2.24) is 0 Å². The lowest BCUT2D eigenvalue weighted by Gasteiger charge is -2.51. The quantitative estimate of drug-likeness (QED) is 0.167. The number of carbonyl (C=O) groups is 3. The fourth-order valence-electron chi connectivity index (χ4n) is 7.60. The molecule has 6 bridgehead atoms. The van der Waals surface area contributed by atoms with Crippen LogP contribution in [0, 0.1) is 5.41 Å². The van der Waals surface area contributed by atoms with Crippen molar-refractivity contribution in [1.29, 1.82) is 0 Å². The highest BCUT2D eigenvalue weighted by Crippen LogP contribution is 2.47. The zero-order valence-corrected chi connectivity index (χ0v) is 30.8. The van der Waals surface area contributed by atoms with Crippen LogP contribution in [0.3, 0.4) is 0 Å². The molecule has 4 aliphatic rings. The van der Waals surface area contributed by atoms with Gasteiger partial charge in [-0.15, -0.1) is 0 Å². The zero-order valence-electron chi connectivity index (χ0n) is 30.8. The Labute approximate surface area is 306 Å². The third kappa shape index (κ3) is 9.87. The van der Waals surface area contributed by atoms with Gasteiger partial charge in [-0.25, -0.2) is 9.59 Å². The number of aliphatic hydroxyl groups is 2. The second-order valence-electron chi connectivity index (χ2n) is 15.2. The predicted molar refractivity (Wildman–Crippen MR) is 192 cm³/mol. The third-order valence-corrected chi connectivity index (χ3v) is 10.4. The summed E-state index contributed by atoms with van der Waals surface area (Å²) in [7, 11) is 1.23. The van der Waals surface area contributed by atoms with Crippen LogP contribution in [0.5, 0.6) is 0 Å². The Balaban J connectivity index is 1.54. The van der Waals surface area contributed by atoms with E-state index in [4.69, 9.17) is 28.4 Å². The number of cyclic esters (lactones) is 1. The number of esters is 3. The van der Waals surface area contributed by atoms with E-state index in [0.29, 0.717) is 32.1 Å². The second kappa shape index (κ2) is 17.0. The predicted octanol–water partition coefficient (Wildman–Crippen LogP) is 5.84. The van der Waals surface area contributed by atoms with Crippen molar-refractivity contribution in [2.24, 2.45) is 5.41 Å². The van der Waals surface area contributed by atoms with Gasteiger partial charge in [0.05, 0.1) is 49.3 Å². The van der Waals surface area contributed by atoms with Crippen molar-refractivity contribution in [2.45, 2.75) is 140 Å². The highest BCUT2D eigenvalue weighted by molar-refractivity contribution is 5.90. The topological polar surface area (TPSA) is 147 Å². The summed E-state index contributed by atoms with van der Waals surface area (Å²) in [5.41, 5.74) is 1.34. The molecule has 0 amide bonds. The van der Waals surface area contributed by atoms with Crippen molar-refractivity contribution in [3.8, 4) is 0 Å². The first kappa shape index (κ1) is 39.6. The Kier molecular flexibility index (Phi) is 13.0. The maximum atomic E-state index is 13.5. The van der Waals surface area contributed by atoms with Crippen molar-refractivity contribution < 1.29 is 53.0 Å². The van der Waals surface area contributed by atoms with E-state index in [9.17, 15) is 24.6 Å². The van der Waals surface area contributed by atoms with E-state index in [0.717, 1.165) is 24.0 Å². The van der Waals surface area contributed by atoms with Gasteiger partial charge >= 0.3 is 17.9 Å². The number of methoxy groups -OCH3 is 1. The van der Waals surface area contributed by atoms with Gasteiger partial charge in [-0.3, -0.25) is 4.79 Å². The van der Waals surface area contributed by atoms with Gasteiger partial charge in [0.25, 0.3) is 0 Å². The molecule has 0 radical (unpaired) electrons. The summed E-state index contributed by atoms with van der Waals surface area (Å²) in [6.45, 7) is 13.5. The highest BCUT2D eigenvalue weighted by atomic mass is 16.7. The minimum Gasteiger partial charge on any atom is -0.466 e. The van der Waals surface area contributed by atoms with E-state index in [-0.39, 0.29) is 54.8 Å². The summed E-state index contributed by atoms with van der Waals surface area (Å²) in [6, 6.07) is 8.31. The van der Waals surface area contributed by atoms with Gasteiger partial charge in [0.2, 0.25) is 5.79 Å². The summed E-state index contributed by atoms with van der Waals surface area (Å²) >= 11 is 0. The van der Waals surface area contributed by atoms with Gasteiger partial charge in [0, 0.05) is 30.8 Å². The van der Waals surface area contributed by atoms with Gasteiger partial charge < -0.3 is 38.6 Å². The molecule has 1 aromatic carbocycles. The zero-order chi connectivity index (χ0) is 37.6. The normalized spacial score (nSPS) is 35.1. The van der Waals surface area contributed by atoms with Gasteiger partial charge in [0.1, 0.15) is 6.10 Å². The lowest BCUT2D eigenvalue weighted by atomic mass is 9.74. The Hall–Kier alpha value is -3.61. The largest absolute Gasteiger partial charge is 0.466 e. The van der Waals surface area contributed by atoms with Crippen molar-refractivity contribution in [3.63, 3.8) is 0 Å². The monoisotopic (exact) mass is 722 g/mol. The first-order valence-corrected chi connectivity index (χ1v) is 18.3. The van der Waals surface area contributed by atoms with E-state index in [2.05, 4.69) is 13.2 Å². The van der Waals surface area contributed by atoms with E-state index in [1.54, 1.807) is 50.3 Å². The maximum Gasteiger partial charge on any atom is 0.338 e. The molecule has 0 unspecified atom stereocenters. The van der Waals surface area contributed by atoms with Gasteiger partial charge in [-0.2, -0.15) is 0 Å². The first-order valence-electron chi connectivity index (χ1n) is 18.3. The number of fused-ring (bicyclic) bond motifs is 6. The minimum atomic E-state index is -2.26. The summed E-state index contributed by atoms with van der Waals surface area (Å²) in [5, 5.41) is 23.5. The van der Waals surface area contributed by atoms with Crippen LogP contribution in [0.2, 0.25) is 0 Å². The Bertz CT molecular complexity index is 1530. The molecule has 9 atom stereocenters. The second-order valence-corrected chi connectivity index (χ2v) is 15.2. The number of hydrogen-bond donors (Lipinski definition) is 2. The maximum absolute atomic E-state index is 13.5. The Morgan fingerprint density at radius 2 is 1.63 bits per heavy atom. The summed E-state index contributed by atoms with van der Waals surface area (Å²) in [6.07, 6.45) is 4.36. The van der Waals surface area contributed by atoms with E-state index < -0.39 is 53.5 Å². The Morgan fingerprint density at radius 3 is 2.33 bits per heavy atom. The molecule has 4 aliphatic heterocycles. The molecule has 1 aromatic rings. The molecule has 52 heavy (non-hydrogen) atoms. The lowest BCUT2D eigenvalue weighted by Crippen LogP contribution is -2.62. The van der Waals surface area contributed by atoms with Gasteiger partial charge in [0.15, 0.2) is 6.10 Å². The van der Waals surface area contributed by atoms with E-state index >= 15 is 0 Å². The van der Waals surface area contributed by atoms with E-state index in [1.165, 1.54) is 20.1 Å². The van der Waals surface area contributed by atoms with Crippen LogP contribution in [0.15, 0.2) is 78.4 Å². The molecule has 4 heterocycles. The molecule has 3 saturated heterocycles. The smallest absolute Gasteiger partial charge is 0.338 e. The van der Waals surface area contributed by atoms with Crippen LogP contribution >= 0.6 is 0 Å². The summed E-state index contributed by atoms with van der Waals surface area (Å²) in [5.74, 6) is -4.20. The fourth-order valence-corrected chi connectivity index (χ4v) is 7.60. The average Bonchev–Trinajstić information content (AvgIpc) is 3.08. The molecule has 11 heteroatoms. The number of carbonyl (C=O) groups excluding carboxylic acids is 3. The fraction of sp³-hybridized carbons (Fsp3) is 0.585. The molecule has 0 aliphatic carbocycles. The van der Waals surface area contributed by atoms with Crippen LogP contribution < -0.4 is 0 Å². The standard InChI is InChI=1S/C41H54O11/c1-25-17-30-13-10-14-36(43)50-35(27(3)42)24-34-21-29(22-37(44)47-6)38(51-39(45)28-11-8-7-9-12-28)41(46,52-34)40(4,5)16-15-31-18-26(2)20-33(49-31)23-32(19-25)48-30/h7-9,11-12,15-16,22,27,30-35,38,42,46H,1-2,10,13-14,17-21,23-24H2,3-6H3/b16-15+,29-22+/t27-,30-,31+,32-,33+,34+,35-,38+,41-/m1/s1. The number of rotatable bonds is 4.